The summed E-state index contributed by atoms with van der Waals surface area (Å²) in [7, 11) is 0. The van der Waals surface area contributed by atoms with Crippen LogP contribution in [-0.2, 0) is 16.0 Å². The van der Waals surface area contributed by atoms with Crippen LogP contribution in [0.4, 0.5) is 4.39 Å². The fraction of sp³-hybridized carbons (Fsp3) is 0.227. The van der Waals surface area contributed by atoms with Crippen LogP contribution in [-0.4, -0.2) is 38.1 Å². The van der Waals surface area contributed by atoms with E-state index in [2.05, 4.69) is 5.32 Å². The monoisotopic (exact) mass is 480 g/mol. The van der Waals surface area contributed by atoms with Gasteiger partial charge in [0.25, 0.3) is 5.91 Å². The van der Waals surface area contributed by atoms with Gasteiger partial charge in [0.2, 0.25) is 5.91 Å². The van der Waals surface area contributed by atoms with E-state index >= 15 is 0 Å². The number of carboxylic acid groups (broad SMARTS) is 1. The molecule has 0 saturated heterocycles. The molecule has 3 rings (SSSR count). The van der Waals surface area contributed by atoms with Crippen molar-refractivity contribution in [2.45, 2.75) is 32.7 Å². The quantitative estimate of drug-likeness (QED) is 0.503. The van der Waals surface area contributed by atoms with Gasteiger partial charge in [-0.1, -0.05) is 23.2 Å². The largest absolute Gasteiger partial charge is 0.505 e. The Morgan fingerprint density at radius 3 is 2.38 bits per heavy atom. The van der Waals surface area contributed by atoms with Crippen molar-refractivity contribution in [2.75, 3.05) is 0 Å². The van der Waals surface area contributed by atoms with E-state index in [4.69, 9.17) is 23.2 Å². The molecule has 1 amide bonds. The van der Waals surface area contributed by atoms with E-state index in [1.54, 1.807) is 6.92 Å². The van der Waals surface area contributed by atoms with E-state index in [0.29, 0.717) is 11.3 Å². The van der Waals surface area contributed by atoms with Crippen molar-refractivity contribution in [1.29, 1.82) is 0 Å². The van der Waals surface area contributed by atoms with Crippen molar-refractivity contribution in [1.82, 2.24) is 9.88 Å². The van der Waals surface area contributed by atoms with Crippen molar-refractivity contribution < 1.29 is 29.0 Å². The van der Waals surface area contributed by atoms with Gasteiger partial charge >= 0.3 is 5.97 Å². The minimum atomic E-state index is -1.52. The summed E-state index contributed by atoms with van der Waals surface area (Å²) in [5, 5.41) is 22.2. The first kappa shape index (κ1) is 23.6. The summed E-state index contributed by atoms with van der Waals surface area (Å²) in [6.45, 7) is 4.23. The maximum atomic E-state index is 14.2. The van der Waals surface area contributed by atoms with Crippen LogP contribution in [0, 0.1) is 12.7 Å². The SMILES string of the molecule is Cc1c(CC(=O)NC(C)(C)C(=O)O)c2cc(O)c(F)cc2n1C(=O)c1ccc(Cl)c(Cl)c1. The van der Waals surface area contributed by atoms with E-state index in [1.165, 1.54) is 36.6 Å². The van der Waals surface area contributed by atoms with Crippen molar-refractivity contribution in [3.8, 4) is 5.75 Å². The molecule has 0 unspecified atom stereocenters. The van der Waals surface area contributed by atoms with Crippen LogP contribution < -0.4 is 5.32 Å². The third-order valence-corrected chi connectivity index (χ3v) is 5.84. The summed E-state index contributed by atoms with van der Waals surface area (Å²) in [5.41, 5.74) is -0.551. The standard InChI is InChI=1S/C22H19Cl2FN2O5/c1-10-12(8-19(29)26-22(2,3)21(31)32)13-7-18(28)16(25)9-17(13)27(10)20(30)11-4-5-14(23)15(24)6-11/h4-7,9,28H,8H2,1-3H3,(H,26,29)(H,31,32). The number of phenolic OH excluding ortho intramolecular Hbond substituents is 1. The van der Waals surface area contributed by atoms with Crippen LogP contribution in [0.2, 0.25) is 10.0 Å². The first-order valence-corrected chi connectivity index (χ1v) is 10.2. The molecule has 32 heavy (non-hydrogen) atoms. The second-order valence-electron chi connectivity index (χ2n) is 7.81. The van der Waals surface area contributed by atoms with Crippen LogP contribution in [0.15, 0.2) is 30.3 Å². The molecule has 0 aliphatic rings. The van der Waals surface area contributed by atoms with Crippen molar-refractivity contribution in [3.63, 3.8) is 0 Å². The van der Waals surface area contributed by atoms with Gasteiger partial charge < -0.3 is 15.5 Å². The minimum absolute atomic E-state index is 0.133. The summed E-state index contributed by atoms with van der Waals surface area (Å²) in [6.07, 6.45) is -0.300. The van der Waals surface area contributed by atoms with Crippen LogP contribution in [0.25, 0.3) is 10.9 Å². The number of hydrogen-bond acceptors (Lipinski definition) is 4. The molecule has 0 radical (unpaired) electrons. The lowest BCUT2D eigenvalue weighted by molar-refractivity contribution is -0.145. The van der Waals surface area contributed by atoms with Gasteiger partial charge in [-0.2, -0.15) is 0 Å². The lowest BCUT2D eigenvalue weighted by Gasteiger charge is -2.21. The summed E-state index contributed by atoms with van der Waals surface area (Å²) in [4.78, 5) is 37.1. The number of aromatic nitrogens is 1. The summed E-state index contributed by atoms with van der Waals surface area (Å²) in [5.74, 6) is -3.98. The molecule has 0 fully saturated rings. The highest BCUT2D eigenvalue weighted by Crippen LogP contribution is 2.33. The summed E-state index contributed by atoms with van der Waals surface area (Å²) < 4.78 is 15.4. The number of benzene rings is 2. The number of carbonyl (C=O) groups is 3. The van der Waals surface area contributed by atoms with Gasteiger partial charge in [0, 0.05) is 22.7 Å². The smallest absolute Gasteiger partial charge is 0.328 e. The zero-order chi connectivity index (χ0) is 24.0. The number of halogens is 3. The second-order valence-corrected chi connectivity index (χ2v) is 8.62. The number of carbonyl (C=O) groups excluding carboxylic acids is 2. The Labute approximate surface area is 192 Å². The number of carboxylic acids is 1. The molecule has 3 aromatic rings. The van der Waals surface area contributed by atoms with Crippen LogP contribution in [0.1, 0.15) is 35.5 Å². The Hall–Kier alpha value is -3.10. The number of aliphatic carboxylic acids is 1. The highest BCUT2D eigenvalue weighted by molar-refractivity contribution is 6.42. The number of hydrogen-bond donors (Lipinski definition) is 3. The Morgan fingerprint density at radius 2 is 1.78 bits per heavy atom. The number of amides is 1. The molecule has 0 spiro atoms. The van der Waals surface area contributed by atoms with Crippen molar-refractivity contribution >= 4 is 51.9 Å². The first-order chi connectivity index (χ1) is 14.8. The molecule has 0 bridgehead atoms. The number of rotatable bonds is 5. The molecule has 1 heterocycles. The second kappa shape index (κ2) is 8.44. The molecule has 0 atom stereocenters. The first-order valence-electron chi connectivity index (χ1n) is 9.40. The van der Waals surface area contributed by atoms with Gasteiger partial charge in [-0.15, -0.1) is 0 Å². The molecule has 3 N–H and O–H groups in total. The van der Waals surface area contributed by atoms with Gasteiger partial charge in [-0.25, -0.2) is 9.18 Å². The molecule has 0 aliphatic carbocycles. The molecule has 2 aromatic carbocycles. The van der Waals surface area contributed by atoms with E-state index < -0.39 is 34.9 Å². The highest BCUT2D eigenvalue weighted by atomic mass is 35.5. The van der Waals surface area contributed by atoms with Gasteiger partial charge in [0.15, 0.2) is 11.6 Å². The maximum Gasteiger partial charge on any atom is 0.328 e. The molecular formula is C22H19Cl2FN2O5. The van der Waals surface area contributed by atoms with Crippen molar-refractivity contribution in [2.24, 2.45) is 0 Å². The van der Waals surface area contributed by atoms with Gasteiger partial charge in [-0.05, 0) is 50.6 Å². The predicted octanol–water partition coefficient (Wildman–Crippen LogP) is 4.31. The number of fused-ring (bicyclic) bond motifs is 1. The topological polar surface area (TPSA) is 109 Å². The van der Waals surface area contributed by atoms with Gasteiger partial charge in [0.05, 0.1) is 22.0 Å². The molecule has 1 aromatic heterocycles. The molecule has 0 aliphatic heterocycles. The van der Waals surface area contributed by atoms with Gasteiger partial charge in [-0.3, -0.25) is 14.2 Å². The van der Waals surface area contributed by atoms with Crippen LogP contribution >= 0.6 is 23.2 Å². The Balaban J connectivity index is 2.14. The maximum absolute atomic E-state index is 14.2. The Morgan fingerprint density at radius 1 is 1.12 bits per heavy atom. The molecule has 168 valence electrons. The normalized spacial score (nSPS) is 11.6. The highest BCUT2D eigenvalue weighted by Gasteiger charge is 2.30. The summed E-state index contributed by atoms with van der Waals surface area (Å²) >= 11 is 11.9. The zero-order valence-electron chi connectivity index (χ0n) is 17.3. The number of nitrogens with zero attached hydrogens (tertiary/aromatic N) is 1. The number of phenols is 1. The Kier molecular flexibility index (Phi) is 6.22. The third-order valence-electron chi connectivity index (χ3n) is 5.10. The average molecular weight is 481 g/mol. The Bertz CT molecular complexity index is 1280. The van der Waals surface area contributed by atoms with Crippen molar-refractivity contribution in [3.05, 3.63) is 63.0 Å². The molecule has 0 saturated carbocycles. The fourth-order valence-corrected chi connectivity index (χ4v) is 3.64. The summed E-state index contributed by atoms with van der Waals surface area (Å²) in [6, 6.07) is 6.40. The van der Waals surface area contributed by atoms with E-state index in [1.807, 2.05) is 0 Å². The van der Waals surface area contributed by atoms with E-state index in [-0.39, 0.29) is 32.9 Å². The number of nitrogens with one attached hydrogen (secondary N) is 1. The number of aromatic hydroxyl groups is 1. The van der Waals surface area contributed by atoms with E-state index in [0.717, 1.165) is 12.1 Å². The average Bonchev–Trinajstić information content (AvgIpc) is 2.94. The van der Waals surface area contributed by atoms with E-state index in [9.17, 15) is 29.0 Å². The lowest BCUT2D eigenvalue weighted by atomic mass is 10.0. The fourth-order valence-electron chi connectivity index (χ4n) is 3.34. The third kappa shape index (κ3) is 4.28. The lowest BCUT2D eigenvalue weighted by Crippen LogP contribution is -2.50. The zero-order valence-corrected chi connectivity index (χ0v) is 18.8. The minimum Gasteiger partial charge on any atom is -0.505 e. The van der Waals surface area contributed by atoms with Gasteiger partial charge in [0.1, 0.15) is 5.54 Å². The predicted molar refractivity (Wildman–Crippen MR) is 118 cm³/mol. The molecule has 7 nitrogen and oxygen atoms in total. The molecular weight excluding hydrogens is 462 g/mol. The van der Waals surface area contributed by atoms with Crippen LogP contribution in [0.3, 0.4) is 0 Å². The van der Waals surface area contributed by atoms with Crippen LogP contribution in [0.5, 0.6) is 5.75 Å². The molecule has 10 heteroatoms.